The van der Waals surface area contributed by atoms with Crippen molar-refractivity contribution in [2.24, 2.45) is 0 Å². The fourth-order valence-electron chi connectivity index (χ4n) is 3.82. The van der Waals surface area contributed by atoms with Crippen LogP contribution >= 0.6 is 11.6 Å². The van der Waals surface area contributed by atoms with Gasteiger partial charge in [0.25, 0.3) is 0 Å². The summed E-state index contributed by atoms with van der Waals surface area (Å²) in [6.07, 6.45) is 6.95. The van der Waals surface area contributed by atoms with Gasteiger partial charge in [0.05, 0.1) is 17.0 Å². The first kappa shape index (κ1) is 22.2. The van der Waals surface area contributed by atoms with Crippen molar-refractivity contribution in [3.63, 3.8) is 0 Å². The topological polar surface area (TPSA) is 71.3 Å². The van der Waals surface area contributed by atoms with Crippen LogP contribution in [0.15, 0.2) is 36.4 Å². The maximum Gasteiger partial charge on any atom is 0.326 e. The Morgan fingerprint density at radius 3 is 2.47 bits per heavy atom. The van der Waals surface area contributed by atoms with Crippen LogP contribution in [0, 0.1) is 0 Å². The van der Waals surface area contributed by atoms with Gasteiger partial charge in [-0.3, -0.25) is 9.36 Å². The molecule has 160 valence electrons. The maximum absolute atomic E-state index is 13.1. The Balaban J connectivity index is 1.89. The second-order valence-corrected chi connectivity index (χ2v) is 8.27. The normalized spacial score (nSPS) is 12.4. The molecule has 5 nitrogen and oxygen atoms in total. The fraction of sp³-hybridized carbons (Fsp3) is 0.417. The molecule has 1 heterocycles. The molecule has 0 radical (unpaired) electrons. The number of carbonyl (C=O) groups excluding carboxylic acids is 1. The predicted octanol–water partition coefficient (Wildman–Crippen LogP) is 6.55. The first-order valence-electron chi connectivity index (χ1n) is 10.7. The molecule has 3 aromatic rings. The van der Waals surface area contributed by atoms with E-state index < -0.39 is 11.9 Å². The predicted molar refractivity (Wildman–Crippen MR) is 123 cm³/mol. The van der Waals surface area contributed by atoms with Gasteiger partial charge in [-0.15, -0.1) is 0 Å². The fourth-order valence-corrected chi connectivity index (χ4v) is 3.99. The minimum atomic E-state index is -0.896. The lowest BCUT2D eigenvalue weighted by Crippen LogP contribution is -2.29. The molecule has 1 unspecified atom stereocenters. The van der Waals surface area contributed by atoms with Crippen LogP contribution in [0.4, 0.5) is 4.79 Å². The monoisotopic (exact) mass is 428 g/mol. The lowest BCUT2D eigenvalue weighted by Gasteiger charge is -2.11. The highest BCUT2D eigenvalue weighted by Gasteiger charge is 2.19. The number of carbonyl (C=O) groups is 2. The van der Waals surface area contributed by atoms with Crippen molar-refractivity contribution in [1.29, 1.82) is 0 Å². The maximum atomic E-state index is 13.1. The van der Waals surface area contributed by atoms with Crippen molar-refractivity contribution in [1.82, 2.24) is 9.88 Å². The molecular formula is C24H29ClN2O3. The standard InChI is InChI=1S/C24H29ClN2O3/c1-3-4-5-6-7-8-13-26-24(30)27-21-12-10-18(25)15-20(21)19-11-9-17(14-22(19)27)16(2)23(28)29/h9-12,14-16H,3-8,13H2,1-2H3,(H,26,30)(H,28,29). The number of aromatic nitrogens is 1. The molecule has 0 saturated heterocycles. The van der Waals surface area contributed by atoms with E-state index in [0.717, 1.165) is 29.1 Å². The van der Waals surface area contributed by atoms with Crippen molar-refractivity contribution >= 4 is 45.4 Å². The van der Waals surface area contributed by atoms with Gasteiger partial charge in [0.15, 0.2) is 0 Å². The molecule has 0 aliphatic heterocycles. The Bertz CT molecular complexity index is 1060. The van der Waals surface area contributed by atoms with Gasteiger partial charge in [0, 0.05) is 22.3 Å². The Kier molecular flexibility index (Phi) is 7.38. The molecule has 0 aliphatic rings. The molecule has 0 spiro atoms. The molecule has 1 amide bonds. The minimum absolute atomic E-state index is 0.203. The van der Waals surface area contributed by atoms with E-state index in [1.54, 1.807) is 29.7 Å². The zero-order valence-corrected chi connectivity index (χ0v) is 18.3. The second-order valence-electron chi connectivity index (χ2n) is 7.83. The van der Waals surface area contributed by atoms with E-state index in [0.29, 0.717) is 22.6 Å². The van der Waals surface area contributed by atoms with Gasteiger partial charge in [-0.05, 0) is 43.2 Å². The van der Waals surface area contributed by atoms with Gasteiger partial charge in [-0.1, -0.05) is 62.8 Å². The van der Waals surface area contributed by atoms with Gasteiger partial charge < -0.3 is 10.4 Å². The first-order chi connectivity index (χ1) is 14.4. The summed E-state index contributed by atoms with van der Waals surface area (Å²) in [6.45, 7) is 4.46. The SMILES string of the molecule is CCCCCCCCNC(=O)n1c2ccc(Cl)cc2c2ccc(C(C)C(=O)O)cc21. The molecule has 2 aromatic carbocycles. The number of aliphatic carboxylic acids is 1. The quantitative estimate of drug-likeness (QED) is 0.379. The zero-order valence-electron chi connectivity index (χ0n) is 17.6. The lowest BCUT2D eigenvalue weighted by molar-refractivity contribution is -0.138. The number of hydrogen-bond donors (Lipinski definition) is 2. The third kappa shape index (κ3) is 4.78. The molecule has 0 saturated carbocycles. The van der Waals surface area contributed by atoms with Gasteiger partial charge >= 0.3 is 12.0 Å². The van der Waals surface area contributed by atoms with Crippen LogP contribution < -0.4 is 5.32 Å². The summed E-state index contributed by atoms with van der Waals surface area (Å²) >= 11 is 6.20. The number of unbranched alkanes of at least 4 members (excludes halogenated alkanes) is 5. The molecular weight excluding hydrogens is 400 g/mol. The van der Waals surface area contributed by atoms with E-state index in [1.165, 1.54) is 25.7 Å². The number of fused-ring (bicyclic) bond motifs is 3. The zero-order chi connectivity index (χ0) is 21.7. The number of carboxylic acid groups (broad SMARTS) is 1. The van der Waals surface area contributed by atoms with Crippen LogP contribution in [-0.4, -0.2) is 28.2 Å². The highest BCUT2D eigenvalue weighted by Crippen LogP contribution is 2.33. The number of nitrogens with zero attached hydrogens (tertiary/aromatic N) is 1. The number of nitrogens with one attached hydrogen (secondary N) is 1. The smallest absolute Gasteiger partial charge is 0.326 e. The van der Waals surface area contributed by atoms with Crippen molar-refractivity contribution in [3.05, 3.63) is 47.0 Å². The lowest BCUT2D eigenvalue weighted by atomic mass is 10.00. The summed E-state index contributed by atoms with van der Waals surface area (Å²) in [5.41, 5.74) is 2.11. The van der Waals surface area contributed by atoms with Gasteiger partial charge in [0.1, 0.15) is 0 Å². The Labute approximate surface area is 182 Å². The summed E-state index contributed by atoms with van der Waals surface area (Å²) in [5, 5.41) is 14.7. The number of hydrogen-bond acceptors (Lipinski definition) is 2. The largest absolute Gasteiger partial charge is 0.481 e. The molecule has 30 heavy (non-hydrogen) atoms. The number of rotatable bonds is 9. The summed E-state index contributed by atoms with van der Waals surface area (Å²) < 4.78 is 1.64. The summed E-state index contributed by atoms with van der Waals surface area (Å²) in [7, 11) is 0. The van der Waals surface area contributed by atoms with Crippen molar-refractivity contribution in [2.75, 3.05) is 6.54 Å². The highest BCUT2D eigenvalue weighted by molar-refractivity contribution is 6.32. The third-order valence-corrected chi connectivity index (χ3v) is 5.87. The van der Waals surface area contributed by atoms with Crippen molar-refractivity contribution < 1.29 is 14.7 Å². The first-order valence-corrected chi connectivity index (χ1v) is 11.1. The molecule has 0 fully saturated rings. The van der Waals surface area contributed by atoms with Crippen LogP contribution in [0.3, 0.4) is 0 Å². The highest BCUT2D eigenvalue weighted by atomic mass is 35.5. The van der Waals surface area contributed by atoms with E-state index in [1.807, 2.05) is 18.2 Å². The Hall–Kier alpha value is -2.53. The summed E-state index contributed by atoms with van der Waals surface area (Å²) in [5.74, 6) is -1.55. The van der Waals surface area contributed by atoms with Crippen LogP contribution in [0.1, 0.15) is 63.9 Å². The van der Waals surface area contributed by atoms with E-state index in [4.69, 9.17) is 11.6 Å². The number of carboxylic acids is 1. The van der Waals surface area contributed by atoms with Gasteiger partial charge in [0.2, 0.25) is 0 Å². The molecule has 3 rings (SSSR count). The second kappa shape index (κ2) is 9.98. The summed E-state index contributed by atoms with van der Waals surface area (Å²) in [4.78, 5) is 24.5. The van der Waals surface area contributed by atoms with Crippen LogP contribution in [0.25, 0.3) is 21.8 Å². The Morgan fingerprint density at radius 2 is 1.73 bits per heavy atom. The number of benzene rings is 2. The van der Waals surface area contributed by atoms with E-state index >= 15 is 0 Å². The molecule has 6 heteroatoms. The van der Waals surface area contributed by atoms with Gasteiger partial charge in [-0.25, -0.2) is 4.79 Å². The average molecular weight is 429 g/mol. The van der Waals surface area contributed by atoms with Crippen LogP contribution in [0.2, 0.25) is 5.02 Å². The summed E-state index contributed by atoms with van der Waals surface area (Å²) in [6, 6.07) is 10.7. The Morgan fingerprint density at radius 1 is 1.00 bits per heavy atom. The van der Waals surface area contributed by atoms with E-state index in [-0.39, 0.29) is 6.03 Å². The molecule has 0 bridgehead atoms. The van der Waals surface area contributed by atoms with Crippen LogP contribution in [0.5, 0.6) is 0 Å². The number of halogens is 1. The third-order valence-electron chi connectivity index (χ3n) is 5.63. The number of amides is 1. The van der Waals surface area contributed by atoms with Crippen molar-refractivity contribution in [2.45, 2.75) is 58.3 Å². The molecule has 1 atom stereocenters. The molecule has 0 aliphatic carbocycles. The molecule has 2 N–H and O–H groups in total. The average Bonchev–Trinajstić information content (AvgIpc) is 3.05. The van der Waals surface area contributed by atoms with E-state index in [9.17, 15) is 14.7 Å². The van der Waals surface area contributed by atoms with Crippen LogP contribution in [-0.2, 0) is 4.79 Å². The van der Waals surface area contributed by atoms with Crippen molar-refractivity contribution in [3.8, 4) is 0 Å². The minimum Gasteiger partial charge on any atom is -0.481 e. The van der Waals surface area contributed by atoms with Gasteiger partial charge in [-0.2, -0.15) is 0 Å². The van der Waals surface area contributed by atoms with E-state index in [2.05, 4.69) is 12.2 Å². The molecule has 1 aromatic heterocycles.